The summed E-state index contributed by atoms with van der Waals surface area (Å²) in [6.45, 7) is 3.09. The van der Waals surface area contributed by atoms with Crippen molar-refractivity contribution in [2.45, 2.75) is 50.7 Å². The van der Waals surface area contributed by atoms with Gasteiger partial charge in [-0.2, -0.15) is 0 Å². The number of benzene rings is 1. The Morgan fingerprint density at radius 1 is 1.17 bits per heavy atom. The number of hydrogen-bond acceptors (Lipinski definition) is 3. The van der Waals surface area contributed by atoms with Gasteiger partial charge in [-0.15, -0.1) is 0 Å². The highest BCUT2D eigenvalue weighted by Crippen LogP contribution is 2.19. The lowest BCUT2D eigenvalue weighted by molar-refractivity contribution is 0.0920. The molecule has 1 aliphatic carbocycles. The zero-order valence-electron chi connectivity index (χ0n) is 13.4. The van der Waals surface area contributed by atoms with Gasteiger partial charge in [-0.05, 0) is 57.4 Å². The Hall–Kier alpha value is -2.08. The van der Waals surface area contributed by atoms with Crippen LogP contribution in [0.25, 0.3) is 0 Å². The summed E-state index contributed by atoms with van der Waals surface area (Å²) >= 11 is 0. The SMILES string of the molecule is CC1NCCCC1NC(=O)c1cccc(NC(=O)NC2CC2)c1. The number of rotatable bonds is 4. The zero-order chi connectivity index (χ0) is 16.2. The number of nitrogens with one attached hydrogen (secondary N) is 4. The molecule has 2 fully saturated rings. The fourth-order valence-corrected chi connectivity index (χ4v) is 2.81. The Bertz CT molecular complexity index is 586. The Morgan fingerprint density at radius 3 is 2.74 bits per heavy atom. The average molecular weight is 316 g/mol. The predicted octanol–water partition coefficient (Wildman–Crippen LogP) is 1.84. The number of carbonyl (C=O) groups is 2. The van der Waals surface area contributed by atoms with Crippen molar-refractivity contribution < 1.29 is 9.59 Å². The smallest absolute Gasteiger partial charge is 0.319 e. The minimum absolute atomic E-state index is 0.100. The first-order chi connectivity index (χ1) is 11.1. The largest absolute Gasteiger partial charge is 0.348 e. The Labute approximate surface area is 136 Å². The monoisotopic (exact) mass is 316 g/mol. The van der Waals surface area contributed by atoms with Crippen molar-refractivity contribution in [3.05, 3.63) is 29.8 Å². The topological polar surface area (TPSA) is 82.3 Å². The second-order valence-electron chi connectivity index (χ2n) is 6.42. The number of carbonyl (C=O) groups excluding carboxylic acids is 2. The normalized spacial score (nSPS) is 23.9. The van der Waals surface area contributed by atoms with E-state index in [-0.39, 0.29) is 24.0 Å². The molecule has 0 spiro atoms. The molecule has 0 radical (unpaired) electrons. The van der Waals surface area contributed by atoms with Gasteiger partial charge in [0.05, 0.1) is 0 Å². The number of anilines is 1. The van der Waals surface area contributed by atoms with Gasteiger partial charge in [0.25, 0.3) is 5.91 Å². The van der Waals surface area contributed by atoms with Gasteiger partial charge in [-0.1, -0.05) is 6.07 Å². The molecule has 3 amide bonds. The number of amides is 3. The van der Waals surface area contributed by atoms with Crippen LogP contribution in [0, 0.1) is 0 Å². The summed E-state index contributed by atoms with van der Waals surface area (Å²) in [7, 11) is 0. The maximum Gasteiger partial charge on any atom is 0.319 e. The third-order valence-electron chi connectivity index (χ3n) is 4.37. The van der Waals surface area contributed by atoms with E-state index >= 15 is 0 Å². The molecule has 2 unspecified atom stereocenters. The van der Waals surface area contributed by atoms with Gasteiger partial charge in [0.15, 0.2) is 0 Å². The molecule has 1 saturated heterocycles. The van der Waals surface area contributed by atoms with E-state index in [4.69, 9.17) is 0 Å². The maximum absolute atomic E-state index is 12.4. The molecular formula is C17H24N4O2. The fourth-order valence-electron chi connectivity index (χ4n) is 2.81. The standard InChI is InChI=1S/C17H24N4O2/c1-11-15(6-3-9-18-11)21-16(22)12-4-2-5-14(10-12)20-17(23)19-13-7-8-13/h2,4-5,10-11,13,15,18H,3,6-9H2,1H3,(H,21,22)(H2,19,20,23). The van der Waals surface area contributed by atoms with Gasteiger partial charge in [0.2, 0.25) is 0 Å². The maximum atomic E-state index is 12.4. The second-order valence-corrected chi connectivity index (χ2v) is 6.42. The lowest BCUT2D eigenvalue weighted by Crippen LogP contribution is -2.51. The third-order valence-corrected chi connectivity index (χ3v) is 4.37. The highest BCUT2D eigenvalue weighted by molar-refractivity contribution is 5.97. The summed E-state index contributed by atoms with van der Waals surface area (Å²) < 4.78 is 0. The van der Waals surface area contributed by atoms with Gasteiger partial charge < -0.3 is 21.3 Å². The highest BCUT2D eigenvalue weighted by atomic mass is 16.2. The molecule has 124 valence electrons. The first-order valence-electron chi connectivity index (χ1n) is 8.33. The van der Waals surface area contributed by atoms with Crippen LogP contribution in [0.1, 0.15) is 43.0 Å². The van der Waals surface area contributed by atoms with Crippen molar-refractivity contribution in [2.24, 2.45) is 0 Å². The number of piperidine rings is 1. The van der Waals surface area contributed by atoms with Crippen LogP contribution in [0.4, 0.5) is 10.5 Å². The molecule has 2 atom stereocenters. The van der Waals surface area contributed by atoms with E-state index in [2.05, 4.69) is 28.2 Å². The lowest BCUT2D eigenvalue weighted by atomic mass is 9.99. The van der Waals surface area contributed by atoms with Crippen molar-refractivity contribution in [3.63, 3.8) is 0 Å². The molecule has 23 heavy (non-hydrogen) atoms. The third kappa shape index (κ3) is 4.45. The van der Waals surface area contributed by atoms with E-state index in [0.29, 0.717) is 17.3 Å². The van der Waals surface area contributed by atoms with Crippen molar-refractivity contribution in [2.75, 3.05) is 11.9 Å². The van der Waals surface area contributed by atoms with E-state index in [1.807, 2.05) is 0 Å². The van der Waals surface area contributed by atoms with E-state index in [9.17, 15) is 9.59 Å². The molecule has 4 N–H and O–H groups in total. The quantitative estimate of drug-likeness (QED) is 0.684. The van der Waals surface area contributed by atoms with Gasteiger partial charge in [0.1, 0.15) is 0 Å². The first kappa shape index (κ1) is 15.8. The van der Waals surface area contributed by atoms with E-state index in [1.165, 1.54) is 0 Å². The second kappa shape index (κ2) is 7.00. The Morgan fingerprint density at radius 2 is 2.00 bits per heavy atom. The van der Waals surface area contributed by atoms with Gasteiger partial charge in [-0.25, -0.2) is 4.79 Å². The van der Waals surface area contributed by atoms with Crippen molar-refractivity contribution in [1.29, 1.82) is 0 Å². The molecular weight excluding hydrogens is 292 g/mol. The minimum atomic E-state index is -0.213. The molecule has 1 aromatic carbocycles. The van der Waals surface area contributed by atoms with Crippen LogP contribution in [0.3, 0.4) is 0 Å². The molecule has 3 rings (SSSR count). The molecule has 1 saturated carbocycles. The van der Waals surface area contributed by atoms with Crippen LogP contribution < -0.4 is 21.3 Å². The molecule has 0 aromatic heterocycles. The van der Waals surface area contributed by atoms with Crippen LogP contribution >= 0.6 is 0 Å². The fraction of sp³-hybridized carbons (Fsp3) is 0.529. The molecule has 6 heteroatoms. The van der Waals surface area contributed by atoms with Crippen molar-refractivity contribution in [1.82, 2.24) is 16.0 Å². The van der Waals surface area contributed by atoms with Gasteiger partial charge >= 0.3 is 6.03 Å². The number of hydrogen-bond donors (Lipinski definition) is 4. The van der Waals surface area contributed by atoms with Gasteiger partial charge in [0, 0.05) is 29.4 Å². The summed E-state index contributed by atoms with van der Waals surface area (Å²) in [5.41, 5.74) is 1.19. The number of urea groups is 1. The summed E-state index contributed by atoms with van der Waals surface area (Å²) in [6.07, 6.45) is 4.15. The summed E-state index contributed by atoms with van der Waals surface area (Å²) in [5, 5.41) is 12.1. The van der Waals surface area contributed by atoms with Gasteiger partial charge in [-0.3, -0.25) is 4.79 Å². The molecule has 1 heterocycles. The van der Waals surface area contributed by atoms with E-state index < -0.39 is 0 Å². The molecule has 0 bridgehead atoms. The predicted molar refractivity (Wildman–Crippen MR) is 89.6 cm³/mol. The van der Waals surface area contributed by atoms with Crippen LogP contribution in [0.5, 0.6) is 0 Å². The Kier molecular flexibility index (Phi) is 4.81. The average Bonchev–Trinajstić information content (AvgIpc) is 3.33. The van der Waals surface area contributed by atoms with Crippen molar-refractivity contribution in [3.8, 4) is 0 Å². The van der Waals surface area contributed by atoms with E-state index in [1.54, 1.807) is 24.3 Å². The Balaban J connectivity index is 1.59. The first-order valence-corrected chi connectivity index (χ1v) is 8.33. The molecule has 1 aromatic rings. The molecule has 1 aliphatic heterocycles. The highest BCUT2D eigenvalue weighted by Gasteiger charge is 2.24. The van der Waals surface area contributed by atoms with Crippen LogP contribution in [-0.4, -0.2) is 36.6 Å². The molecule has 2 aliphatic rings. The van der Waals surface area contributed by atoms with Crippen LogP contribution in [0.2, 0.25) is 0 Å². The van der Waals surface area contributed by atoms with Crippen LogP contribution in [-0.2, 0) is 0 Å². The summed E-state index contributed by atoms with van der Waals surface area (Å²) in [6, 6.07) is 7.56. The van der Waals surface area contributed by atoms with Crippen LogP contribution in [0.15, 0.2) is 24.3 Å². The zero-order valence-corrected chi connectivity index (χ0v) is 13.4. The molecule has 6 nitrogen and oxygen atoms in total. The summed E-state index contributed by atoms with van der Waals surface area (Å²) in [5.74, 6) is -0.100. The van der Waals surface area contributed by atoms with E-state index in [0.717, 1.165) is 32.2 Å². The minimum Gasteiger partial charge on any atom is -0.348 e. The summed E-state index contributed by atoms with van der Waals surface area (Å²) in [4.78, 5) is 24.2. The lowest BCUT2D eigenvalue weighted by Gasteiger charge is -2.30. The van der Waals surface area contributed by atoms with Crippen molar-refractivity contribution >= 4 is 17.6 Å².